The van der Waals surface area contributed by atoms with Gasteiger partial charge in [-0.1, -0.05) is 0 Å². The van der Waals surface area contributed by atoms with E-state index in [4.69, 9.17) is 14.3 Å². The van der Waals surface area contributed by atoms with Crippen LogP contribution in [0.2, 0.25) is 0 Å². The zero-order chi connectivity index (χ0) is 11.5. The van der Waals surface area contributed by atoms with E-state index in [9.17, 15) is 4.79 Å². The lowest BCUT2D eigenvalue weighted by atomic mass is 10.2. The summed E-state index contributed by atoms with van der Waals surface area (Å²) in [6.07, 6.45) is 1.47. The van der Waals surface area contributed by atoms with Gasteiger partial charge in [-0.15, -0.1) is 10.2 Å². The fraction of sp³-hybridized carbons (Fsp3) is 0.100. The van der Waals surface area contributed by atoms with Crippen LogP contribution in [-0.4, -0.2) is 28.4 Å². The molecule has 6 heteroatoms. The number of aromatic carboxylic acids is 1. The molecular formula is C10H8N2O4. The summed E-state index contributed by atoms with van der Waals surface area (Å²) in [6.45, 7) is 0. The number of hydrogen-bond donors (Lipinski definition) is 1. The Labute approximate surface area is 90.5 Å². The van der Waals surface area contributed by atoms with Crippen molar-refractivity contribution < 1.29 is 19.1 Å². The fourth-order valence-electron chi connectivity index (χ4n) is 1.23. The second kappa shape index (κ2) is 4.01. The molecule has 0 aromatic carbocycles. The van der Waals surface area contributed by atoms with Crippen LogP contribution in [0.25, 0.3) is 11.5 Å². The Hall–Kier alpha value is -2.37. The molecule has 0 spiro atoms. The summed E-state index contributed by atoms with van der Waals surface area (Å²) in [5, 5.41) is 16.4. The molecule has 82 valence electrons. The molecule has 1 N–H and O–H groups in total. The van der Waals surface area contributed by atoms with Crippen LogP contribution in [0.1, 0.15) is 10.4 Å². The maximum atomic E-state index is 10.9. The van der Waals surface area contributed by atoms with Crippen LogP contribution >= 0.6 is 0 Å². The van der Waals surface area contributed by atoms with E-state index in [1.54, 1.807) is 12.1 Å². The summed E-state index contributed by atoms with van der Waals surface area (Å²) in [5.74, 6) is -0.694. The monoisotopic (exact) mass is 220 g/mol. The molecule has 0 saturated carbocycles. The zero-order valence-corrected chi connectivity index (χ0v) is 8.38. The molecule has 0 atom stereocenters. The van der Waals surface area contributed by atoms with Crippen LogP contribution in [0.15, 0.2) is 28.9 Å². The standard InChI is InChI=1S/C10H8N2O4/c1-15-9-6(10(13)14)5-7(11-12-9)8-3-2-4-16-8/h2-5H,1H3,(H,13,14). The van der Waals surface area contributed by atoms with Crippen LogP contribution in [0.4, 0.5) is 0 Å². The van der Waals surface area contributed by atoms with Gasteiger partial charge in [0.25, 0.3) is 0 Å². The maximum Gasteiger partial charge on any atom is 0.341 e. The van der Waals surface area contributed by atoms with Crippen molar-refractivity contribution in [3.05, 3.63) is 30.0 Å². The molecule has 2 aromatic heterocycles. The summed E-state index contributed by atoms with van der Waals surface area (Å²) < 4.78 is 9.89. The second-order valence-electron chi connectivity index (χ2n) is 2.93. The van der Waals surface area contributed by atoms with Gasteiger partial charge >= 0.3 is 5.97 Å². The number of hydrogen-bond acceptors (Lipinski definition) is 5. The lowest BCUT2D eigenvalue weighted by molar-refractivity contribution is 0.0692. The number of nitrogens with zero attached hydrogens (tertiary/aromatic N) is 2. The van der Waals surface area contributed by atoms with Crippen LogP contribution < -0.4 is 4.74 Å². The molecule has 2 aromatic rings. The van der Waals surface area contributed by atoms with Gasteiger partial charge in [0, 0.05) is 0 Å². The van der Waals surface area contributed by atoms with E-state index in [0.717, 1.165) is 0 Å². The van der Waals surface area contributed by atoms with Gasteiger partial charge in [0.2, 0.25) is 5.88 Å². The van der Waals surface area contributed by atoms with E-state index >= 15 is 0 Å². The molecule has 0 saturated heterocycles. The molecule has 0 aliphatic carbocycles. The molecule has 0 bridgehead atoms. The Morgan fingerprint density at radius 2 is 2.31 bits per heavy atom. The van der Waals surface area contributed by atoms with Crippen molar-refractivity contribution in [1.82, 2.24) is 10.2 Å². The number of carbonyl (C=O) groups is 1. The Kier molecular flexibility index (Phi) is 2.55. The number of aromatic nitrogens is 2. The van der Waals surface area contributed by atoms with Crippen molar-refractivity contribution in [3.63, 3.8) is 0 Å². The van der Waals surface area contributed by atoms with Gasteiger partial charge in [-0.2, -0.15) is 0 Å². The highest BCUT2D eigenvalue weighted by Gasteiger charge is 2.15. The van der Waals surface area contributed by atoms with Gasteiger partial charge in [-0.3, -0.25) is 0 Å². The Balaban J connectivity index is 2.51. The minimum Gasteiger partial charge on any atom is -0.479 e. The number of carboxylic acid groups (broad SMARTS) is 1. The van der Waals surface area contributed by atoms with E-state index in [0.29, 0.717) is 11.5 Å². The lowest BCUT2D eigenvalue weighted by Gasteiger charge is -2.03. The van der Waals surface area contributed by atoms with Gasteiger partial charge in [-0.25, -0.2) is 4.79 Å². The van der Waals surface area contributed by atoms with Gasteiger partial charge in [0.15, 0.2) is 5.76 Å². The van der Waals surface area contributed by atoms with E-state index in [1.165, 1.54) is 19.4 Å². The van der Waals surface area contributed by atoms with Crippen molar-refractivity contribution in [2.24, 2.45) is 0 Å². The number of methoxy groups -OCH3 is 1. The first-order valence-electron chi connectivity index (χ1n) is 4.41. The van der Waals surface area contributed by atoms with Gasteiger partial charge in [0.05, 0.1) is 13.4 Å². The maximum absolute atomic E-state index is 10.9. The average molecular weight is 220 g/mol. The first-order chi connectivity index (χ1) is 7.72. The quantitative estimate of drug-likeness (QED) is 0.842. The topological polar surface area (TPSA) is 85.5 Å². The highest BCUT2D eigenvalue weighted by atomic mass is 16.5. The van der Waals surface area contributed by atoms with E-state index in [1.807, 2.05) is 0 Å². The van der Waals surface area contributed by atoms with Crippen LogP contribution in [-0.2, 0) is 0 Å². The van der Waals surface area contributed by atoms with Crippen molar-refractivity contribution in [3.8, 4) is 17.3 Å². The van der Waals surface area contributed by atoms with Crippen molar-refractivity contribution in [2.75, 3.05) is 7.11 Å². The number of carboxylic acids is 1. The molecule has 0 fully saturated rings. The molecule has 0 aliphatic heterocycles. The first-order valence-corrected chi connectivity index (χ1v) is 4.41. The SMILES string of the molecule is COc1nnc(-c2ccco2)cc1C(=O)O. The van der Waals surface area contributed by atoms with Crippen LogP contribution in [0.5, 0.6) is 5.88 Å². The summed E-state index contributed by atoms with van der Waals surface area (Å²) in [4.78, 5) is 10.9. The minimum absolute atomic E-state index is 0.0252. The normalized spacial score (nSPS) is 10.1. The third-order valence-corrected chi connectivity index (χ3v) is 1.96. The van der Waals surface area contributed by atoms with Crippen molar-refractivity contribution >= 4 is 5.97 Å². The molecule has 0 amide bonds. The third-order valence-electron chi connectivity index (χ3n) is 1.96. The molecular weight excluding hydrogens is 212 g/mol. The Morgan fingerprint density at radius 3 is 2.88 bits per heavy atom. The highest BCUT2D eigenvalue weighted by Crippen LogP contribution is 2.22. The summed E-state index contributed by atoms with van der Waals surface area (Å²) >= 11 is 0. The predicted octanol–water partition coefficient (Wildman–Crippen LogP) is 1.44. The van der Waals surface area contributed by atoms with Crippen LogP contribution in [0.3, 0.4) is 0 Å². The van der Waals surface area contributed by atoms with Crippen LogP contribution in [0, 0.1) is 0 Å². The molecule has 0 radical (unpaired) electrons. The number of furan rings is 1. The minimum atomic E-state index is -1.13. The van der Waals surface area contributed by atoms with Crippen molar-refractivity contribution in [2.45, 2.75) is 0 Å². The van der Waals surface area contributed by atoms with Gasteiger partial charge in [-0.05, 0) is 18.2 Å². The average Bonchev–Trinajstić information content (AvgIpc) is 2.81. The highest BCUT2D eigenvalue weighted by molar-refractivity contribution is 5.91. The van der Waals surface area contributed by atoms with E-state index in [-0.39, 0.29) is 11.4 Å². The van der Waals surface area contributed by atoms with E-state index < -0.39 is 5.97 Å². The van der Waals surface area contributed by atoms with Gasteiger partial charge in [0.1, 0.15) is 11.3 Å². The number of ether oxygens (including phenoxy) is 1. The Bertz CT molecular complexity index is 508. The summed E-state index contributed by atoms with van der Waals surface area (Å²) in [5.41, 5.74) is 0.298. The molecule has 6 nitrogen and oxygen atoms in total. The predicted molar refractivity (Wildman–Crippen MR) is 53.2 cm³/mol. The lowest BCUT2D eigenvalue weighted by Crippen LogP contribution is -2.04. The molecule has 2 rings (SSSR count). The van der Waals surface area contributed by atoms with Gasteiger partial charge < -0.3 is 14.3 Å². The first kappa shape index (κ1) is 10.2. The summed E-state index contributed by atoms with van der Waals surface area (Å²) in [7, 11) is 1.34. The van der Waals surface area contributed by atoms with E-state index in [2.05, 4.69) is 10.2 Å². The molecule has 0 unspecified atom stereocenters. The largest absolute Gasteiger partial charge is 0.479 e. The molecule has 16 heavy (non-hydrogen) atoms. The second-order valence-corrected chi connectivity index (χ2v) is 2.93. The Morgan fingerprint density at radius 1 is 1.50 bits per heavy atom. The fourth-order valence-corrected chi connectivity index (χ4v) is 1.23. The smallest absolute Gasteiger partial charge is 0.341 e. The molecule has 2 heterocycles. The summed E-state index contributed by atoms with van der Waals surface area (Å²) in [6, 6.07) is 4.71. The zero-order valence-electron chi connectivity index (χ0n) is 8.38. The number of rotatable bonds is 3. The third kappa shape index (κ3) is 1.72. The van der Waals surface area contributed by atoms with Crippen molar-refractivity contribution in [1.29, 1.82) is 0 Å². The molecule has 0 aliphatic rings.